The van der Waals surface area contributed by atoms with E-state index in [1.54, 1.807) is 0 Å². The molecule has 0 spiro atoms. The lowest BCUT2D eigenvalue weighted by Crippen LogP contribution is -2.34. The van der Waals surface area contributed by atoms with Gasteiger partial charge in [-0.2, -0.15) is 13.2 Å². The SMILES string of the molecule is Cc1cc(SCC(=O)NCC(F)(F)F)c(C)cc1Br. The Morgan fingerprint density at radius 2 is 1.95 bits per heavy atom. The first-order chi connectivity index (χ1) is 8.69. The third-order valence-electron chi connectivity index (χ3n) is 2.30. The summed E-state index contributed by atoms with van der Waals surface area (Å²) >= 11 is 4.62. The maximum Gasteiger partial charge on any atom is 0.405 e. The highest BCUT2D eigenvalue weighted by molar-refractivity contribution is 9.10. The zero-order chi connectivity index (χ0) is 14.6. The highest BCUT2D eigenvalue weighted by Gasteiger charge is 2.27. The highest BCUT2D eigenvalue weighted by Crippen LogP contribution is 2.28. The Hall–Kier alpha value is -0.690. The summed E-state index contributed by atoms with van der Waals surface area (Å²) in [5.74, 6) is -0.653. The van der Waals surface area contributed by atoms with E-state index < -0.39 is 18.6 Å². The van der Waals surface area contributed by atoms with Crippen LogP contribution < -0.4 is 5.32 Å². The van der Waals surface area contributed by atoms with E-state index >= 15 is 0 Å². The van der Waals surface area contributed by atoms with Gasteiger partial charge in [0.15, 0.2) is 0 Å². The number of thioether (sulfide) groups is 1. The predicted molar refractivity (Wildman–Crippen MR) is 73.4 cm³/mol. The van der Waals surface area contributed by atoms with Crippen molar-refractivity contribution in [2.45, 2.75) is 24.9 Å². The van der Waals surface area contributed by atoms with Crippen LogP contribution in [0.15, 0.2) is 21.5 Å². The molecule has 0 saturated carbocycles. The second kappa shape index (κ2) is 6.65. The van der Waals surface area contributed by atoms with Crippen LogP contribution in [-0.2, 0) is 4.79 Å². The van der Waals surface area contributed by atoms with Gasteiger partial charge in [0.2, 0.25) is 5.91 Å². The first-order valence-corrected chi connectivity index (χ1v) is 7.20. The number of aryl methyl sites for hydroxylation is 2. The molecule has 7 heteroatoms. The molecule has 0 radical (unpaired) electrons. The number of carbonyl (C=O) groups is 1. The second-order valence-electron chi connectivity index (χ2n) is 4.05. The molecule has 106 valence electrons. The second-order valence-corrected chi connectivity index (χ2v) is 5.92. The van der Waals surface area contributed by atoms with Crippen LogP contribution in [0.25, 0.3) is 0 Å². The number of amides is 1. The van der Waals surface area contributed by atoms with Gasteiger partial charge < -0.3 is 5.32 Å². The molecule has 0 heterocycles. The molecule has 0 aliphatic carbocycles. The number of halogens is 4. The van der Waals surface area contributed by atoms with Gasteiger partial charge in [0.25, 0.3) is 0 Å². The summed E-state index contributed by atoms with van der Waals surface area (Å²) in [7, 11) is 0. The van der Waals surface area contributed by atoms with Gasteiger partial charge in [0.1, 0.15) is 6.54 Å². The lowest BCUT2D eigenvalue weighted by Gasteiger charge is -2.10. The largest absolute Gasteiger partial charge is 0.405 e. The lowest BCUT2D eigenvalue weighted by molar-refractivity contribution is -0.136. The summed E-state index contributed by atoms with van der Waals surface area (Å²) < 4.78 is 36.7. The molecule has 0 aliphatic heterocycles. The third-order valence-corrected chi connectivity index (χ3v) is 4.31. The average molecular weight is 356 g/mol. The maximum atomic E-state index is 11.9. The molecule has 0 saturated heterocycles. The van der Waals surface area contributed by atoms with Crippen LogP contribution in [0.4, 0.5) is 13.2 Å². The first kappa shape index (κ1) is 16.4. The van der Waals surface area contributed by atoms with Crippen molar-refractivity contribution in [3.63, 3.8) is 0 Å². The standard InChI is InChI=1S/C12H13BrF3NOS/c1-7-4-10(8(2)3-9(7)13)19-5-11(18)17-6-12(14,15)16/h3-4H,5-6H2,1-2H3,(H,17,18). The first-order valence-electron chi connectivity index (χ1n) is 5.42. The Bertz CT molecular complexity index is 477. The Morgan fingerprint density at radius 3 is 2.53 bits per heavy atom. The fourth-order valence-electron chi connectivity index (χ4n) is 1.30. The molecule has 0 bridgehead atoms. The minimum atomic E-state index is -4.37. The van der Waals surface area contributed by atoms with Crippen molar-refractivity contribution >= 4 is 33.6 Å². The van der Waals surface area contributed by atoms with Crippen molar-refractivity contribution < 1.29 is 18.0 Å². The van der Waals surface area contributed by atoms with Crippen LogP contribution in [0, 0.1) is 13.8 Å². The molecule has 0 atom stereocenters. The molecule has 1 N–H and O–H groups in total. The van der Waals surface area contributed by atoms with Crippen molar-refractivity contribution in [2.75, 3.05) is 12.3 Å². The van der Waals surface area contributed by atoms with Gasteiger partial charge in [-0.25, -0.2) is 0 Å². The van der Waals surface area contributed by atoms with Gasteiger partial charge in [-0.1, -0.05) is 15.9 Å². The van der Waals surface area contributed by atoms with Crippen LogP contribution in [-0.4, -0.2) is 24.4 Å². The minimum Gasteiger partial charge on any atom is -0.346 e. The minimum absolute atomic E-state index is 0.0298. The van der Waals surface area contributed by atoms with Gasteiger partial charge >= 0.3 is 6.18 Å². The van der Waals surface area contributed by atoms with Gasteiger partial charge in [-0.05, 0) is 37.1 Å². The van der Waals surface area contributed by atoms with E-state index in [9.17, 15) is 18.0 Å². The Balaban J connectivity index is 2.53. The zero-order valence-corrected chi connectivity index (χ0v) is 12.8. The Kier molecular flexibility index (Phi) is 5.73. The molecule has 0 fully saturated rings. The van der Waals surface area contributed by atoms with Crippen LogP contribution in [0.2, 0.25) is 0 Å². The third kappa shape index (κ3) is 5.86. The smallest absolute Gasteiger partial charge is 0.346 e. The van der Waals surface area contributed by atoms with E-state index in [0.717, 1.165) is 20.5 Å². The summed E-state index contributed by atoms with van der Waals surface area (Å²) in [5.41, 5.74) is 2.00. The van der Waals surface area contributed by atoms with Gasteiger partial charge in [0, 0.05) is 9.37 Å². The quantitative estimate of drug-likeness (QED) is 0.831. The van der Waals surface area contributed by atoms with E-state index in [-0.39, 0.29) is 5.75 Å². The summed E-state index contributed by atoms with van der Waals surface area (Å²) in [6.45, 7) is 2.52. The molecule has 2 nitrogen and oxygen atoms in total. The van der Waals surface area contributed by atoms with Crippen molar-refractivity contribution in [1.82, 2.24) is 5.32 Å². The van der Waals surface area contributed by atoms with Gasteiger partial charge in [0.05, 0.1) is 5.75 Å². The summed E-state index contributed by atoms with van der Waals surface area (Å²) in [6.07, 6.45) is -4.37. The Morgan fingerprint density at radius 1 is 1.32 bits per heavy atom. The fourth-order valence-corrected chi connectivity index (χ4v) is 2.70. The number of nitrogens with one attached hydrogen (secondary N) is 1. The lowest BCUT2D eigenvalue weighted by atomic mass is 10.2. The van der Waals surface area contributed by atoms with Crippen LogP contribution in [0.5, 0.6) is 0 Å². The number of rotatable bonds is 4. The molecule has 1 aromatic carbocycles. The van der Waals surface area contributed by atoms with Crippen molar-refractivity contribution in [2.24, 2.45) is 0 Å². The fraction of sp³-hybridized carbons (Fsp3) is 0.417. The highest BCUT2D eigenvalue weighted by atomic mass is 79.9. The number of alkyl halides is 3. The van der Waals surface area contributed by atoms with Gasteiger partial charge in [-0.15, -0.1) is 11.8 Å². The number of hydrogen-bond acceptors (Lipinski definition) is 2. The monoisotopic (exact) mass is 355 g/mol. The molecular formula is C12H13BrF3NOS. The van der Waals surface area contributed by atoms with E-state index in [1.165, 1.54) is 11.8 Å². The van der Waals surface area contributed by atoms with Crippen LogP contribution in [0.3, 0.4) is 0 Å². The number of hydrogen-bond donors (Lipinski definition) is 1. The molecule has 1 aromatic rings. The van der Waals surface area contributed by atoms with Crippen LogP contribution >= 0.6 is 27.7 Å². The van der Waals surface area contributed by atoms with E-state index in [2.05, 4.69) is 15.9 Å². The Labute approximate surface area is 122 Å². The molecule has 0 aromatic heterocycles. The summed E-state index contributed by atoms with van der Waals surface area (Å²) in [4.78, 5) is 12.2. The molecule has 1 rings (SSSR count). The van der Waals surface area contributed by atoms with Crippen LogP contribution in [0.1, 0.15) is 11.1 Å². The summed E-state index contributed by atoms with van der Waals surface area (Å²) in [6, 6.07) is 3.83. The zero-order valence-electron chi connectivity index (χ0n) is 10.4. The molecule has 0 unspecified atom stereocenters. The van der Waals surface area contributed by atoms with Crippen molar-refractivity contribution in [3.8, 4) is 0 Å². The van der Waals surface area contributed by atoms with E-state index in [4.69, 9.17) is 0 Å². The number of carbonyl (C=O) groups excluding carboxylic acids is 1. The average Bonchev–Trinajstić information content (AvgIpc) is 2.28. The topological polar surface area (TPSA) is 29.1 Å². The van der Waals surface area contributed by atoms with E-state index in [0.29, 0.717) is 0 Å². The maximum absolute atomic E-state index is 11.9. The number of benzene rings is 1. The molecule has 0 aliphatic rings. The molecule has 19 heavy (non-hydrogen) atoms. The molecular weight excluding hydrogens is 343 g/mol. The van der Waals surface area contributed by atoms with Crippen molar-refractivity contribution in [1.29, 1.82) is 0 Å². The predicted octanol–water partition coefficient (Wildman–Crippen LogP) is 3.84. The molecule has 1 amide bonds. The van der Waals surface area contributed by atoms with Gasteiger partial charge in [-0.3, -0.25) is 4.79 Å². The van der Waals surface area contributed by atoms with E-state index in [1.807, 2.05) is 31.3 Å². The normalized spacial score (nSPS) is 11.5. The van der Waals surface area contributed by atoms with Crippen molar-refractivity contribution in [3.05, 3.63) is 27.7 Å². The summed E-state index contributed by atoms with van der Waals surface area (Å²) in [5, 5.41) is 1.84.